The van der Waals surface area contributed by atoms with Crippen molar-refractivity contribution in [3.8, 4) is 22.6 Å². The fourth-order valence-electron chi connectivity index (χ4n) is 21.2. The van der Waals surface area contributed by atoms with E-state index in [0.717, 1.165) is 111 Å². The summed E-state index contributed by atoms with van der Waals surface area (Å²) in [6.07, 6.45) is 0. The summed E-state index contributed by atoms with van der Waals surface area (Å²) in [4.78, 5) is 116. The van der Waals surface area contributed by atoms with Gasteiger partial charge in [-0.25, -0.2) is 0 Å². The summed E-state index contributed by atoms with van der Waals surface area (Å²) in [5.74, 6) is 1.40. The van der Waals surface area contributed by atoms with Crippen molar-refractivity contribution >= 4 is 204 Å². The quantitative estimate of drug-likeness (QED) is 0.0676. The third-order valence-corrected chi connectivity index (χ3v) is 26.6. The van der Waals surface area contributed by atoms with Crippen molar-refractivity contribution in [3.63, 3.8) is 0 Å². The summed E-state index contributed by atoms with van der Waals surface area (Å²) in [6.45, 7) is -0.183. The number of nitrogens with zero attached hydrogens (tertiary/aromatic N) is 5. The fraction of sp³-hybridized carbons (Fsp3) is 0. The molecule has 2 aliphatic heterocycles. The summed E-state index contributed by atoms with van der Waals surface area (Å²) < 4.78 is 15.1. The molecule has 8 aromatic heterocycles. The van der Waals surface area contributed by atoms with Crippen molar-refractivity contribution in [1.82, 2.24) is 17.6 Å². The van der Waals surface area contributed by atoms with Crippen LogP contribution in [0, 0.1) is 0 Å². The van der Waals surface area contributed by atoms with Gasteiger partial charge in [-0.3, -0.25) is 38.4 Å². The molecule has 0 saturated heterocycles. The Labute approximate surface area is 717 Å². The van der Waals surface area contributed by atoms with Crippen LogP contribution >= 0.6 is 0 Å². The lowest BCUT2D eigenvalue weighted by Crippen LogP contribution is -2.59. The van der Waals surface area contributed by atoms with Crippen molar-refractivity contribution < 1.29 is 4.74 Å². The summed E-state index contributed by atoms with van der Waals surface area (Å²) in [6, 6.07) is 117. The van der Waals surface area contributed by atoms with Crippen molar-refractivity contribution in [2.75, 3.05) is 4.90 Å². The molecule has 0 radical (unpaired) electrons. The molecule has 25 aromatic rings. The molecule has 0 bridgehead atoms. The maximum Gasteiger partial charge on any atom is 0.256 e. The number of rotatable bonds is 6. The van der Waals surface area contributed by atoms with Crippen LogP contribution in [0.2, 0.25) is 0 Å². The molecule has 0 atom stereocenters. The molecule has 0 amide bonds. The first-order chi connectivity index (χ1) is 62.4. The van der Waals surface area contributed by atoms with Gasteiger partial charge in [-0.05, 0) is 237 Å². The minimum absolute atomic E-state index is 0.0875. The van der Waals surface area contributed by atoms with E-state index in [1.165, 1.54) is 0 Å². The Morgan fingerprint density at radius 2 is 0.543 bits per heavy atom. The number of benzene rings is 17. The largest absolute Gasteiger partial charge is 0.458 e. The number of aromatic nitrogens is 4. The van der Waals surface area contributed by atoms with Crippen LogP contribution in [0.3, 0.4) is 0 Å². The van der Waals surface area contributed by atoms with Gasteiger partial charge in [-0.15, -0.1) is 0 Å². The second-order valence-corrected chi connectivity index (χ2v) is 33.1. The summed E-state index contributed by atoms with van der Waals surface area (Å²) in [5, 5.41) is 8.49. The molecule has 2 aliphatic rings. The topological polar surface area (TPSA) is 167 Å². The van der Waals surface area contributed by atoms with Crippen LogP contribution in [-0.4, -0.2) is 24.3 Å². The van der Waals surface area contributed by atoms with Gasteiger partial charge in [0.25, 0.3) is 6.71 Å². The number of pyridine rings is 8. The van der Waals surface area contributed by atoms with Gasteiger partial charge in [0.05, 0.1) is 66.2 Å². The van der Waals surface area contributed by atoms with Gasteiger partial charge in [0.1, 0.15) is 11.5 Å². The molecule has 0 unspecified atom stereocenters. The van der Waals surface area contributed by atoms with Crippen LogP contribution in [0.15, 0.2) is 402 Å². The predicted molar refractivity (Wildman–Crippen MR) is 517 cm³/mol. The molecule has 0 saturated carbocycles. The SMILES string of the molecule is O=c1c2ccccc2n2c3ccc(/C(=C(/c4ccccc4)c4ccc5c(c4)c(=O)c4cccc6c(=O)c7ccccc7n5c64)c4ccccc4)cc3c(=O)c3cccc1c32.O=c1c2ccccc2n2c3ccc(N4c5ccccc5B5c6ccc(-c7cc8c(=O)c9ccccc9n9c%10ccccc%10c(=O)c(c7)c89)cc6Oc6cccc4c65)cc3c(=O)c3cccc1c32. The average molecular weight is 1630 g/mol. The Morgan fingerprint density at radius 1 is 0.213 bits per heavy atom. The third kappa shape index (κ3) is 9.95. The lowest BCUT2D eigenvalue weighted by Gasteiger charge is -2.40. The second-order valence-electron chi connectivity index (χ2n) is 33.1. The van der Waals surface area contributed by atoms with Crippen LogP contribution in [0.25, 0.3) is 175 Å². The van der Waals surface area contributed by atoms with Crippen LogP contribution in [0.1, 0.15) is 22.3 Å². The second kappa shape index (κ2) is 26.6. The van der Waals surface area contributed by atoms with Crippen molar-refractivity contribution in [2.24, 2.45) is 0 Å². The van der Waals surface area contributed by atoms with E-state index in [1.807, 2.05) is 249 Å². The van der Waals surface area contributed by atoms with Crippen LogP contribution in [-0.2, 0) is 0 Å². The number of hydrogen-bond acceptors (Lipinski definition) is 10. The molecular formula is C112H60BN5O9. The molecule has 15 heteroatoms. The maximum absolute atomic E-state index is 14.7. The highest BCUT2D eigenvalue weighted by Gasteiger charge is 2.42. The van der Waals surface area contributed by atoms with Crippen molar-refractivity contribution in [3.05, 3.63) is 468 Å². The zero-order valence-corrected chi connectivity index (χ0v) is 67.1. The van der Waals surface area contributed by atoms with Gasteiger partial charge in [0, 0.05) is 103 Å². The molecule has 17 aromatic carbocycles. The predicted octanol–water partition coefficient (Wildman–Crippen LogP) is 19.9. The molecule has 0 N–H and O–H groups in total. The first-order valence-corrected chi connectivity index (χ1v) is 42.1. The van der Waals surface area contributed by atoms with Gasteiger partial charge >= 0.3 is 0 Å². The number of para-hydroxylation sites is 9. The molecule has 0 aliphatic carbocycles. The zero-order chi connectivity index (χ0) is 84.6. The first kappa shape index (κ1) is 71.4. The summed E-state index contributed by atoms with van der Waals surface area (Å²) in [7, 11) is 0. The van der Waals surface area contributed by atoms with E-state index in [-0.39, 0.29) is 50.1 Å². The normalized spacial score (nSPS) is 12.8. The lowest BCUT2D eigenvalue weighted by molar-refractivity contribution is 0.488. The Hall–Kier alpha value is -17.3. The van der Waals surface area contributed by atoms with Gasteiger partial charge in [-0.1, -0.05) is 188 Å². The molecular weight excluding hydrogens is 1570 g/mol. The van der Waals surface area contributed by atoms with Crippen molar-refractivity contribution in [2.45, 2.75) is 0 Å². The van der Waals surface area contributed by atoms with E-state index >= 15 is 0 Å². The summed E-state index contributed by atoms with van der Waals surface area (Å²) in [5.41, 5.74) is 20.0. The highest BCUT2D eigenvalue weighted by molar-refractivity contribution is 6.99. The van der Waals surface area contributed by atoms with E-state index < -0.39 is 0 Å². The monoisotopic (exact) mass is 1630 g/mol. The lowest BCUT2D eigenvalue weighted by atomic mass is 9.34. The smallest absolute Gasteiger partial charge is 0.256 e. The minimum Gasteiger partial charge on any atom is -0.458 e. The molecule has 590 valence electrons. The first-order valence-electron chi connectivity index (χ1n) is 42.1. The number of anilines is 3. The van der Waals surface area contributed by atoms with E-state index in [9.17, 15) is 38.4 Å². The van der Waals surface area contributed by atoms with Gasteiger partial charge < -0.3 is 27.2 Å². The van der Waals surface area contributed by atoms with E-state index in [1.54, 1.807) is 48.5 Å². The zero-order valence-electron chi connectivity index (χ0n) is 67.1. The highest BCUT2D eigenvalue weighted by Crippen LogP contribution is 2.45. The maximum atomic E-state index is 14.7. The van der Waals surface area contributed by atoms with Crippen LogP contribution in [0.5, 0.6) is 11.5 Å². The Kier molecular flexibility index (Phi) is 15.0. The average Bonchev–Trinajstić information content (AvgIpc) is 0.722. The Morgan fingerprint density at radius 3 is 0.976 bits per heavy atom. The molecule has 10 heterocycles. The fourth-order valence-corrected chi connectivity index (χ4v) is 21.2. The van der Waals surface area contributed by atoms with Crippen LogP contribution in [0.4, 0.5) is 17.1 Å². The minimum atomic E-state index is -0.183. The highest BCUT2D eigenvalue weighted by atomic mass is 16.5. The number of hydrogen-bond donors (Lipinski definition) is 0. The van der Waals surface area contributed by atoms with Gasteiger partial charge in [0.15, 0.2) is 43.4 Å². The molecule has 127 heavy (non-hydrogen) atoms. The summed E-state index contributed by atoms with van der Waals surface area (Å²) >= 11 is 0. The molecule has 0 fully saturated rings. The third-order valence-electron chi connectivity index (χ3n) is 26.6. The van der Waals surface area contributed by atoms with Gasteiger partial charge in [-0.2, -0.15) is 0 Å². The Balaban J connectivity index is 0.000000136. The van der Waals surface area contributed by atoms with E-state index in [4.69, 9.17) is 4.74 Å². The van der Waals surface area contributed by atoms with E-state index in [2.05, 4.69) is 89.2 Å². The molecule has 0 spiro atoms. The van der Waals surface area contributed by atoms with Gasteiger partial charge in [0.2, 0.25) is 0 Å². The Bertz CT molecular complexity index is 9510. The molecule has 27 rings (SSSR count). The molecule has 14 nitrogen and oxygen atoms in total. The van der Waals surface area contributed by atoms with E-state index in [0.29, 0.717) is 131 Å². The standard InChI is InChI=1S/C58H30BN3O5.C54H30N2O4/c63-55-34-11-1-5-17-44(34)62-47-26-24-33(30-39(47)58(66)38-15-9-14-37(55)53(38)62)60-48-20-8-4-16-42(48)59-43-25-23-31(29-51(43)67-50-22-10-21-49(60)52(50)59)32-27-40-54-41(28-32)57(65)36-13-3-7-19-46(36)61(54)45-18-6-2-12-35(45)56(40)64;57-51-35-17-7-9-23-43(35)55-45-27-25-33(29-41(45)53(59)39-21-11-19-37(51)49(39)55)47(31-13-3-1-4-14-31)48(32-15-5-2-6-16-32)34-26-28-46-42(30-34)54(60)40-22-12-20-38-50(40)56(46)44-24-10-8-18-36(44)52(38)58/h1-30H;1-30H/b;48-47-. The number of fused-ring (bicyclic) bond motifs is 20. The van der Waals surface area contributed by atoms with Crippen molar-refractivity contribution in [1.29, 1.82) is 0 Å². The van der Waals surface area contributed by atoms with Crippen LogP contribution < -0.4 is 69.5 Å². The number of ether oxygens (including phenoxy) is 1.